The van der Waals surface area contributed by atoms with Crippen LogP contribution in [0, 0.1) is 0 Å². The molecule has 2 unspecified atom stereocenters. The van der Waals surface area contributed by atoms with E-state index in [1.807, 2.05) is 43.3 Å². The quantitative estimate of drug-likeness (QED) is 0.325. The van der Waals surface area contributed by atoms with Crippen molar-refractivity contribution in [1.29, 1.82) is 0 Å². The van der Waals surface area contributed by atoms with Crippen LogP contribution in [0.3, 0.4) is 0 Å². The summed E-state index contributed by atoms with van der Waals surface area (Å²) < 4.78 is 11.6. The first-order valence-electron chi connectivity index (χ1n) is 11.2. The fraction of sp³-hybridized carbons (Fsp3) is 0.103. The lowest BCUT2D eigenvalue weighted by atomic mass is 9.87. The van der Waals surface area contributed by atoms with Gasteiger partial charge in [-0.25, -0.2) is 9.35 Å². The molecule has 0 spiro atoms. The maximum Gasteiger partial charge on any atom is 0.268 e. The summed E-state index contributed by atoms with van der Waals surface area (Å²) in [5.74, 6) is -0.492. The van der Waals surface area contributed by atoms with Crippen LogP contribution in [-0.4, -0.2) is 15.2 Å². The second-order valence-electron chi connectivity index (χ2n) is 8.24. The molecule has 2 atom stereocenters. The molecule has 1 aliphatic rings. The van der Waals surface area contributed by atoms with Crippen molar-refractivity contribution in [2.75, 3.05) is 4.90 Å². The Morgan fingerprint density at radius 1 is 1.17 bits per heavy atom. The molecule has 1 amide bonds. The second kappa shape index (κ2) is 10.6. The van der Waals surface area contributed by atoms with E-state index in [1.54, 1.807) is 54.6 Å². The van der Waals surface area contributed by atoms with Crippen LogP contribution in [0.15, 0.2) is 108 Å². The number of carbonyl (C=O) groups is 1. The zero-order chi connectivity index (χ0) is 25.9. The molecule has 3 aromatic rings. The number of benzene rings is 3. The Hall–Kier alpha value is -3.51. The molecule has 1 heterocycles. The van der Waals surface area contributed by atoms with Crippen LogP contribution in [0.2, 0.25) is 5.02 Å². The van der Waals surface area contributed by atoms with Crippen molar-refractivity contribution in [3.63, 3.8) is 0 Å². The van der Waals surface area contributed by atoms with E-state index in [4.69, 9.17) is 16.7 Å². The van der Waals surface area contributed by atoms with Gasteiger partial charge < -0.3 is 10.0 Å². The molecule has 3 aromatic carbocycles. The van der Waals surface area contributed by atoms with Gasteiger partial charge in [-0.15, -0.1) is 5.73 Å². The Kier molecular flexibility index (Phi) is 7.55. The highest BCUT2D eigenvalue weighted by Gasteiger charge is 2.51. The Bertz CT molecular complexity index is 1440. The molecule has 7 heteroatoms. The molecule has 5 nitrogen and oxygen atoms in total. The molecule has 0 fully saturated rings. The summed E-state index contributed by atoms with van der Waals surface area (Å²) in [5, 5.41) is 17.6. The van der Waals surface area contributed by atoms with E-state index in [0.717, 1.165) is 16.7 Å². The second-order valence-corrected chi connectivity index (χ2v) is 9.74. The SMILES string of the molecule is C=CC=C=C(/C=C\C)c1ccc(CN2C(=O)C(O)(c3ccc(S(N)=O)cc3)c3ccc(Cl)cc32)cc1. The number of carbonyl (C=O) groups excluding carboxylic acids is 1. The molecule has 3 N–H and O–H groups in total. The van der Waals surface area contributed by atoms with E-state index < -0.39 is 22.5 Å². The minimum atomic E-state index is -1.91. The van der Waals surface area contributed by atoms with Crippen LogP contribution in [0.1, 0.15) is 29.2 Å². The van der Waals surface area contributed by atoms with Gasteiger partial charge in [0.25, 0.3) is 5.91 Å². The highest BCUT2D eigenvalue weighted by molar-refractivity contribution is 7.82. The number of halogens is 1. The molecule has 0 aliphatic carbocycles. The molecule has 36 heavy (non-hydrogen) atoms. The molecule has 0 saturated heterocycles. The maximum atomic E-state index is 13.7. The lowest BCUT2D eigenvalue weighted by Crippen LogP contribution is -2.40. The first kappa shape index (κ1) is 25.6. The Morgan fingerprint density at radius 3 is 2.47 bits per heavy atom. The third-order valence-corrected chi connectivity index (χ3v) is 6.97. The lowest BCUT2D eigenvalue weighted by molar-refractivity contribution is -0.132. The average Bonchev–Trinajstić information content (AvgIpc) is 3.09. The van der Waals surface area contributed by atoms with E-state index in [0.29, 0.717) is 26.7 Å². The zero-order valence-corrected chi connectivity index (χ0v) is 21.2. The molecule has 0 saturated carbocycles. The number of aliphatic hydroxyl groups is 1. The topological polar surface area (TPSA) is 83.6 Å². The number of anilines is 1. The number of nitrogens with two attached hydrogens (primary N) is 1. The molecule has 4 rings (SSSR count). The lowest BCUT2D eigenvalue weighted by Gasteiger charge is -2.24. The van der Waals surface area contributed by atoms with Crippen molar-refractivity contribution in [1.82, 2.24) is 0 Å². The van der Waals surface area contributed by atoms with Gasteiger partial charge in [0.2, 0.25) is 0 Å². The summed E-state index contributed by atoms with van der Waals surface area (Å²) in [6.45, 7) is 5.87. The Morgan fingerprint density at radius 2 is 1.86 bits per heavy atom. The van der Waals surface area contributed by atoms with Gasteiger partial charge in [-0.2, -0.15) is 0 Å². The van der Waals surface area contributed by atoms with Crippen molar-refractivity contribution in [3.8, 4) is 0 Å². The predicted molar refractivity (Wildman–Crippen MR) is 146 cm³/mol. The van der Waals surface area contributed by atoms with Crippen LogP contribution in [-0.2, 0) is 27.9 Å². The van der Waals surface area contributed by atoms with Crippen molar-refractivity contribution >= 4 is 39.8 Å². The highest BCUT2D eigenvalue weighted by Crippen LogP contribution is 2.46. The van der Waals surface area contributed by atoms with Gasteiger partial charge >= 0.3 is 0 Å². The molecule has 0 aromatic heterocycles. The summed E-state index contributed by atoms with van der Waals surface area (Å²) in [4.78, 5) is 15.6. The Labute approximate surface area is 218 Å². The normalized spacial score (nSPS) is 17.6. The first-order valence-corrected chi connectivity index (χ1v) is 12.8. The van der Waals surface area contributed by atoms with Gasteiger partial charge in [-0.3, -0.25) is 4.79 Å². The first-order chi connectivity index (χ1) is 17.3. The number of hydrogen-bond donors (Lipinski definition) is 2. The minimum Gasteiger partial charge on any atom is -0.372 e. The standard InChI is InChI=1S/C29H25ClN2O3S/c1-3-5-7-21(6-4-2)22-10-8-20(9-11-22)19-32-27-18-24(30)14-17-26(27)29(34,28(32)33)23-12-15-25(16-13-23)36(31)35/h3-6,8-18,34H,1,19,31H2,2H3/b6-4-. The fourth-order valence-electron chi connectivity index (χ4n) is 4.24. The molecule has 0 radical (unpaired) electrons. The maximum absolute atomic E-state index is 13.7. The highest BCUT2D eigenvalue weighted by atomic mass is 35.5. The van der Waals surface area contributed by atoms with E-state index in [1.165, 1.54) is 4.90 Å². The number of allylic oxidation sites excluding steroid dienone is 4. The predicted octanol–water partition coefficient (Wildman–Crippen LogP) is 5.40. The fourth-order valence-corrected chi connectivity index (χ4v) is 4.81. The summed E-state index contributed by atoms with van der Waals surface area (Å²) in [7, 11) is -1.66. The minimum absolute atomic E-state index is 0.241. The summed E-state index contributed by atoms with van der Waals surface area (Å²) >= 11 is 6.27. The van der Waals surface area contributed by atoms with Crippen LogP contribution in [0.5, 0.6) is 0 Å². The molecule has 1 aliphatic heterocycles. The largest absolute Gasteiger partial charge is 0.372 e. The summed E-state index contributed by atoms with van der Waals surface area (Å²) in [6, 6.07) is 19.0. The van der Waals surface area contributed by atoms with Crippen LogP contribution < -0.4 is 10.0 Å². The number of amides is 1. The van der Waals surface area contributed by atoms with Crippen LogP contribution in [0.4, 0.5) is 5.69 Å². The van der Waals surface area contributed by atoms with E-state index in [2.05, 4.69) is 12.3 Å². The Balaban J connectivity index is 1.71. The van der Waals surface area contributed by atoms with Crippen LogP contribution in [0.25, 0.3) is 5.57 Å². The van der Waals surface area contributed by atoms with Gasteiger partial charge in [0.1, 0.15) is 11.0 Å². The average molecular weight is 517 g/mol. The number of nitrogens with zero attached hydrogens (tertiary/aromatic N) is 1. The summed E-state index contributed by atoms with van der Waals surface area (Å²) in [6.07, 6.45) is 7.33. The smallest absolute Gasteiger partial charge is 0.268 e. The molecular formula is C29H25ClN2O3S. The third kappa shape index (κ3) is 4.78. The number of hydrogen-bond acceptors (Lipinski definition) is 3. The van der Waals surface area contributed by atoms with E-state index >= 15 is 0 Å². The van der Waals surface area contributed by atoms with Gasteiger partial charge in [-0.1, -0.05) is 78.9 Å². The number of rotatable bonds is 7. The summed E-state index contributed by atoms with van der Waals surface area (Å²) in [5.41, 5.74) is 5.37. The van der Waals surface area contributed by atoms with Crippen molar-refractivity contribution < 1.29 is 14.1 Å². The van der Waals surface area contributed by atoms with Gasteiger partial charge in [0.05, 0.1) is 17.1 Å². The van der Waals surface area contributed by atoms with Crippen LogP contribution >= 0.6 is 11.6 Å². The third-order valence-electron chi connectivity index (χ3n) is 6.00. The van der Waals surface area contributed by atoms with Crippen molar-refractivity contribution in [3.05, 3.63) is 131 Å². The van der Waals surface area contributed by atoms with Crippen molar-refractivity contribution in [2.45, 2.75) is 24.0 Å². The van der Waals surface area contributed by atoms with E-state index in [-0.39, 0.29) is 6.54 Å². The van der Waals surface area contributed by atoms with Gasteiger partial charge in [-0.05, 0) is 54.0 Å². The van der Waals surface area contributed by atoms with Gasteiger partial charge in [0, 0.05) is 16.2 Å². The molecular weight excluding hydrogens is 492 g/mol. The van der Waals surface area contributed by atoms with E-state index in [9.17, 15) is 14.1 Å². The number of fused-ring (bicyclic) bond motifs is 1. The molecule has 0 bridgehead atoms. The van der Waals surface area contributed by atoms with Crippen molar-refractivity contribution in [2.24, 2.45) is 5.14 Å². The zero-order valence-electron chi connectivity index (χ0n) is 19.6. The molecule has 182 valence electrons. The monoisotopic (exact) mass is 516 g/mol. The van der Waals surface area contributed by atoms with Gasteiger partial charge in [0.15, 0.2) is 5.60 Å².